The molecule has 0 N–H and O–H groups in total. The second-order valence-corrected chi connectivity index (χ2v) is 4.84. The molecule has 0 aliphatic rings. The average Bonchev–Trinajstić information content (AvgIpc) is 2.48. The van der Waals surface area contributed by atoms with Crippen LogP contribution in [0.15, 0.2) is 42.6 Å². The van der Waals surface area contributed by atoms with Crippen LogP contribution in [0.1, 0.15) is 31.3 Å². The molecule has 0 spiro atoms. The van der Waals surface area contributed by atoms with Crippen LogP contribution in [-0.4, -0.2) is 23.7 Å². The summed E-state index contributed by atoms with van der Waals surface area (Å²) in [4.78, 5) is 15.7. The van der Waals surface area contributed by atoms with E-state index in [-0.39, 0.29) is 6.10 Å². The van der Waals surface area contributed by atoms with Crippen molar-refractivity contribution >= 4 is 5.97 Å². The van der Waals surface area contributed by atoms with Gasteiger partial charge in [-0.25, -0.2) is 9.78 Å². The van der Waals surface area contributed by atoms with E-state index in [1.807, 2.05) is 44.2 Å². The number of carbonyl (C=O) groups is 1. The van der Waals surface area contributed by atoms with Gasteiger partial charge >= 0.3 is 5.97 Å². The highest BCUT2D eigenvalue weighted by molar-refractivity contribution is 5.88. The number of aromatic nitrogens is 1. The molecule has 0 radical (unpaired) electrons. The number of hydrogen-bond acceptors (Lipinski definition) is 4. The summed E-state index contributed by atoms with van der Waals surface area (Å²) in [6.07, 6.45) is 1.76. The molecule has 2 rings (SSSR count). The maximum Gasteiger partial charge on any atom is 0.356 e. The highest BCUT2D eigenvalue weighted by atomic mass is 16.5. The van der Waals surface area contributed by atoms with E-state index in [2.05, 4.69) is 4.98 Å². The Kier molecular flexibility index (Phi) is 4.93. The minimum Gasteiger partial charge on any atom is -0.491 e. The number of ether oxygens (including phenoxy) is 2. The lowest BCUT2D eigenvalue weighted by atomic mass is 10.1. The molecule has 1 aromatic carbocycles. The fraction of sp³-hybridized carbons (Fsp3) is 0.294. The lowest BCUT2D eigenvalue weighted by molar-refractivity contribution is 0.0519. The van der Waals surface area contributed by atoms with Gasteiger partial charge in [0.15, 0.2) is 0 Å². The first kappa shape index (κ1) is 15.0. The maximum atomic E-state index is 11.7. The topological polar surface area (TPSA) is 48.4 Å². The summed E-state index contributed by atoms with van der Waals surface area (Å²) in [7, 11) is 0. The third kappa shape index (κ3) is 4.05. The van der Waals surface area contributed by atoms with Gasteiger partial charge in [0, 0.05) is 6.20 Å². The van der Waals surface area contributed by atoms with E-state index in [0.717, 1.165) is 16.9 Å². The van der Waals surface area contributed by atoms with Gasteiger partial charge in [-0.2, -0.15) is 0 Å². The molecule has 0 saturated heterocycles. The van der Waals surface area contributed by atoms with Gasteiger partial charge in [-0.15, -0.1) is 0 Å². The van der Waals surface area contributed by atoms with E-state index in [1.54, 1.807) is 19.2 Å². The Balaban J connectivity index is 2.21. The Hall–Kier alpha value is -2.36. The average molecular weight is 285 g/mol. The van der Waals surface area contributed by atoms with E-state index in [0.29, 0.717) is 12.3 Å². The first-order valence-electron chi connectivity index (χ1n) is 7.00. The van der Waals surface area contributed by atoms with Crippen LogP contribution in [0.2, 0.25) is 0 Å². The number of benzene rings is 1. The summed E-state index contributed by atoms with van der Waals surface area (Å²) in [5.74, 6) is 0.424. The Morgan fingerprint density at radius 3 is 2.48 bits per heavy atom. The van der Waals surface area contributed by atoms with Gasteiger partial charge in [0.1, 0.15) is 11.4 Å². The minimum absolute atomic E-state index is 0.146. The van der Waals surface area contributed by atoms with E-state index in [9.17, 15) is 4.79 Å². The molecule has 4 nitrogen and oxygen atoms in total. The van der Waals surface area contributed by atoms with Crippen molar-refractivity contribution in [2.45, 2.75) is 26.9 Å². The van der Waals surface area contributed by atoms with Gasteiger partial charge in [0.2, 0.25) is 0 Å². The molecule has 1 heterocycles. The summed E-state index contributed by atoms with van der Waals surface area (Å²) >= 11 is 0. The monoisotopic (exact) mass is 285 g/mol. The van der Waals surface area contributed by atoms with E-state index in [1.165, 1.54) is 0 Å². The van der Waals surface area contributed by atoms with Crippen LogP contribution in [0, 0.1) is 0 Å². The summed E-state index contributed by atoms with van der Waals surface area (Å²) in [6.45, 7) is 6.09. The van der Waals surface area contributed by atoms with Crippen LogP contribution in [0.3, 0.4) is 0 Å². The van der Waals surface area contributed by atoms with Crippen molar-refractivity contribution in [3.63, 3.8) is 0 Å². The zero-order valence-electron chi connectivity index (χ0n) is 12.5. The highest BCUT2D eigenvalue weighted by Gasteiger charge is 2.09. The highest BCUT2D eigenvalue weighted by Crippen LogP contribution is 2.23. The van der Waals surface area contributed by atoms with Crippen LogP contribution in [0.4, 0.5) is 0 Å². The SMILES string of the molecule is CCOC(=O)c1cc(-c2ccc(OC(C)C)cc2)ccn1. The molecule has 21 heavy (non-hydrogen) atoms. The standard InChI is InChI=1S/C17H19NO3/c1-4-20-17(19)16-11-14(9-10-18-16)13-5-7-15(8-6-13)21-12(2)3/h5-12H,4H2,1-3H3. The van der Waals surface area contributed by atoms with Crippen molar-refractivity contribution in [2.24, 2.45) is 0 Å². The predicted molar refractivity (Wildman–Crippen MR) is 81.4 cm³/mol. The number of esters is 1. The normalized spacial score (nSPS) is 10.5. The smallest absolute Gasteiger partial charge is 0.356 e. The van der Waals surface area contributed by atoms with Gasteiger partial charge in [-0.3, -0.25) is 0 Å². The lowest BCUT2D eigenvalue weighted by Crippen LogP contribution is -2.06. The van der Waals surface area contributed by atoms with E-state index < -0.39 is 5.97 Å². The molecule has 0 aliphatic heterocycles. The second-order valence-electron chi connectivity index (χ2n) is 4.84. The fourth-order valence-corrected chi connectivity index (χ4v) is 1.92. The second kappa shape index (κ2) is 6.88. The molecule has 2 aromatic rings. The molecular formula is C17H19NO3. The Morgan fingerprint density at radius 1 is 1.14 bits per heavy atom. The molecule has 0 unspecified atom stereocenters. The molecule has 0 aliphatic carbocycles. The van der Waals surface area contributed by atoms with Gasteiger partial charge < -0.3 is 9.47 Å². The quantitative estimate of drug-likeness (QED) is 0.786. The molecule has 0 amide bonds. The maximum absolute atomic E-state index is 11.7. The summed E-state index contributed by atoms with van der Waals surface area (Å²) in [5.41, 5.74) is 2.24. The van der Waals surface area contributed by atoms with Gasteiger partial charge in [0.25, 0.3) is 0 Å². The molecule has 0 bridgehead atoms. The third-order valence-corrected chi connectivity index (χ3v) is 2.80. The number of pyridine rings is 1. The molecule has 0 fully saturated rings. The van der Waals surface area contributed by atoms with Crippen molar-refractivity contribution in [1.29, 1.82) is 0 Å². The van der Waals surface area contributed by atoms with Crippen molar-refractivity contribution < 1.29 is 14.3 Å². The molecule has 0 atom stereocenters. The molecule has 1 aromatic heterocycles. The van der Waals surface area contributed by atoms with E-state index >= 15 is 0 Å². The summed E-state index contributed by atoms with van der Waals surface area (Å²) < 4.78 is 10.6. The third-order valence-electron chi connectivity index (χ3n) is 2.80. The van der Waals surface area contributed by atoms with Crippen molar-refractivity contribution in [1.82, 2.24) is 4.98 Å². The van der Waals surface area contributed by atoms with E-state index in [4.69, 9.17) is 9.47 Å². The summed E-state index contributed by atoms with van der Waals surface area (Å²) in [5, 5.41) is 0. The zero-order valence-corrected chi connectivity index (χ0v) is 12.5. The van der Waals surface area contributed by atoms with Crippen molar-refractivity contribution in [2.75, 3.05) is 6.61 Å². The summed E-state index contributed by atoms with van der Waals surface area (Å²) in [6, 6.07) is 11.3. The zero-order chi connectivity index (χ0) is 15.2. The van der Waals surface area contributed by atoms with Gasteiger partial charge in [-0.05, 0) is 56.2 Å². The first-order chi connectivity index (χ1) is 10.1. The van der Waals surface area contributed by atoms with Gasteiger partial charge in [-0.1, -0.05) is 12.1 Å². The van der Waals surface area contributed by atoms with Crippen molar-refractivity contribution in [3.05, 3.63) is 48.3 Å². The Bertz CT molecular complexity index is 606. The lowest BCUT2D eigenvalue weighted by Gasteiger charge is -2.10. The minimum atomic E-state index is -0.404. The molecule has 4 heteroatoms. The first-order valence-corrected chi connectivity index (χ1v) is 7.00. The van der Waals surface area contributed by atoms with Crippen LogP contribution >= 0.6 is 0 Å². The fourth-order valence-electron chi connectivity index (χ4n) is 1.92. The Labute approximate surface area is 124 Å². The van der Waals surface area contributed by atoms with Crippen LogP contribution in [-0.2, 0) is 4.74 Å². The largest absolute Gasteiger partial charge is 0.491 e. The van der Waals surface area contributed by atoms with Crippen LogP contribution in [0.5, 0.6) is 5.75 Å². The predicted octanol–water partition coefficient (Wildman–Crippen LogP) is 3.71. The van der Waals surface area contributed by atoms with Crippen molar-refractivity contribution in [3.8, 4) is 16.9 Å². The number of hydrogen-bond donors (Lipinski definition) is 0. The molecule has 0 saturated carbocycles. The Morgan fingerprint density at radius 2 is 1.86 bits per heavy atom. The van der Waals surface area contributed by atoms with Gasteiger partial charge in [0.05, 0.1) is 12.7 Å². The number of rotatable bonds is 5. The molecular weight excluding hydrogens is 266 g/mol. The number of nitrogens with zero attached hydrogens (tertiary/aromatic N) is 1. The van der Waals surface area contributed by atoms with Crippen LogP contribution < -0.4 is 4.74 Å². The molecule has 110 valence electrons. The number of carbonyl (C=O) groups excluding carboxylic acids is 1. The van der Waals surface area contributed by atoms with Crippen LogP contribution in [0.25, 0.3) is 11.1 Å².